The first-order valence-corrected chi connectivity index (χ1v) is 4.13. The molecule has 0 aliphatic heterocycles. The second-order valence-electron chi connectivity index (χ2n) is 2.83. The van der Waals surface area contributed by atoms with Crippen LogP contribution in [0.25, 0.3) is 0 Å². The average Bonchev–Trinajstić information content (AvgIpc) is 2.06. The van der Waals surface area contributed by atoms with Crippen molar-refractivity contribution in [1.29, 1.82) is 0 Å². The lowest BCUT2D eigenvalue weighted by atomic mass is 9.78. The van der Waals surface area contributed by atoms with Gasteiger partial charge in [-0.2, -0.15) is 13.2 Å². The molecule has 1 rings (SSSR count). The van der Waals surface area contributed by atoms with Gasteiger partial charge in [-0.1, -0.05) is 11.6 Å². The molecule has 4 N–H and O–H groups in total. The van der Waals surface area contributed by atoms with Gasteiger partial charge in [0.05, 0.1) is 16.3 Å². The average molecular weight is 239 g/mol. The highest BCUT2D eigenvalue weighted by Gasteiger charge is 2.33. The Bertz CT molecular complexity index is 383. The summed E-state index contributed by atoms with van der Waals surface area (Å²) in [6, 6.07) is 1.18. The van der Waals surface area contributed by atoms with Crippen LogP contribution in [0.5, 0.6) is 0 Å². The monoisotopic (exact) mass is 239 g/mol. The third-order valence-corrected chi connectivity index (χ3v) is 2.08. The van der Waals surface area contributed by atoms with Crippen LogP contribution in [0.15, 0.2) is 12.1 Å². The van der Waals surface area contributed by atoms with Crippen LogP contribution in [0.2, 0.25) is 5.02 Å². The van der Waals surface area contributed by atoms with Crippen LogP contribution in [-0.4, -0.2) is 17.2 Å². The maximum atomic E-state index is 12.3. The van der Waals surface area contributed by atoms with Crippen molar-refractivity contribution in [3.05, 3.63) is 22.7 Å². The normalized spacial score (nSPS) is 11.6. The first kappa shape index (κ1) is 12.2. The van der Waals surface area contributed by atoms with Gasteiger partial charge in [0.15, 0.2) is 0 Å². The predicted molar refractivity (Wildman–Crippen MR) is 50.7 cm³/mol. The third-order valence-electron chi connectivity index (χ3n) is 1.77. The Morgan fingerprint density at radius 3 is 2.20 bits per heavy atom. The van der Waals surface area contributed by atoms with E-state index in [0.29, 0.717) is 12.1 Å². The van der Waals surface area contributed by atoms with Crippen molar-refractivity contribution in [3.8, 4) is 0 Å². The van der Waals surface area contributed by atoms with E-state index in [-0.39, 0.29) is 10.7 Å². The standard InChI is InChI=1S/C7H6BClF3NO2/c9-5-2-3(7(10,11)12)1-4(6(5)13)8(14)15/h1-2,14-15H,13H2. The summed E-state index contributed by atoms with van der Waals surface area (Å²) >= 11 is 5.42. The summed E-state index contributed by atoms with van der Waals surface area (Å²) < 4.78 is 36.8. The number of hydrogen-bond acceptors (Lipinski definition) is 3. The van der Waals surface area contributed by atoms with Crippen LogP contribution in [0.3, 0.4) is 0 Å². The molecule has 0 unspecified atom stereocenters. The molecule has 0 saturated carbocycles. The van der Waals surface area contributed by atoms with E-state index >= 15 is 0 Å². The quantitative estimate of drug-likeness (QED) is 0.497. The van der Waals surface area contributed by atoms with Gasteiger partial charge in [-0.05, 0) is 12.1 Å². The zero-order chi connectivity index (χ0) is 11.8. The minimum Gasteiger partial charge on any atom is -0.423 e. The number of nitrogens with two attached hydrogens (primary N) is 1. The number of alkyl halides is 3. The Kier molecular flexibility index (Phi) is 3.18. The molecule has 0 aromatic heterocycles. The summed E-state index contributed by atoms with van der Waals surface area (Å²) in [6.07, 6.45) is -4.61. The van der Waals surface area contributed by atoms with Gasteiger partial charge < -0.3 is 15.8 Å². The summed E-state index contributed by atoms with van der Waals surface area (Å²) in [5, 5.41) is 17.2. The fraction of sp³-hybridized carbons (Fsp3) is 0.143. The van der Waals surface area contributed by atoms with Crippen molar-refractivity contribution < 1.29 is 23.2 Å². The topological polar surface area (TPSA) is 66.5 Å². The Labute approximate surface area is 88.4 Å². The summed E-state index contributed by atoms with van der Waals surface area (Å²) in [5.74, 6) is 0. The lowest BCUT2D eigenvalue weighted by molar-refractivity contribution is -0.137. The van der Waals surface area contributed by atoms with E-state index in [4.69, 9.17) is 27.4 Å². The van der Waals surface area contributed by atoms with Gasteiger partial charge in [-0.25, -0.2) is 0 Å². The van der Waals surface area contributed by atoms with E-state index in [1.807, 2.05) is 0 Å². The van der Waals surface area contributed by atoms with Crippen LogP contribution < -0.4 is 11.2 Å². The SMILES string of the molecule is Nc1c(Cl)cc(C(F)(F)F)cc1B(O)O. The number of halogens is 4. The molecule has 0 radical (unpaired) electrons. The molecular formula is C7H6BClF3NO2. The molecule has 0 heterocycles. The molecule has 0 amide bonds. The van der Waals surface area contributed by atoms with Crippen molar-refractivity contribution in [2.45, 2.75) is 6.18 Å². The lowest BCUT2D eigenvalue weighted by Crippen LogP contribution is -2.33. The maximum Gasteiger partial charge on any atom is 0.490 e. The molecule has 82 valence electrons. The van der Waals surface area contributed by atoms with E-state index < -0.39 is 24.3 Å². The molecule has 0 spiro atoms. The minimum absolute atomic E-state index is 0.278. The zero-order valence-corrected chi connectivity index (χ0v) is 7.97. The van der Waals surface area contributed by atoms with Gasteiger partial charge >= 0.3 is 13.3 Å². The van der Waals surface area contributed by atoms with Crippen molar-refractivity contribution in [2.24, 2.45) is 0 Å². The number of nitrogen functional groups attached to an aromatic ring is 1. The largest absolute Gasteiger partial charge is 0.490 e. The maximum absolute atomic E-state index is 12.3. The van der Waals surface area contributed by atoms with Gasteiger partial charge in [0, 0.05) is 5.46 Å². The van der Waals surface area contributed by atoms with Gasteiger partial charge in [0.1, 0.15) is 0 Å². The summed E-state index contributed by atoms with van der Waals surface area (Å²) in [5.41, 5.74) is 3.46. The molecule has 0 saturated heterocycles. The summed E-state index contributed by atoms with van der Waals surface area (Å²) in [7, 11) is -2.09. The van der Waals surface area contributed by atoms with Crippen molar-refractivity contribution in [3.63, 3.8) is 0 Å². The molecule has 0 bridgehead atoms. The molecule has 1 aromatic rings. The van der Waals surface area contributed by atoms with Crippen molar-refractivity contribution >= 4 is 29.9 Å². The van der Waals surface area contributed by atoms with E-state index in [0.717, 1.165) is 0 Å². The minimum atomic E-state index is -4.61. The first-order chi connectivity index (χ1) is 6.73. The molecule has 0 aliphatic rings. The smallest absolute Gasteiger partial charge is 0.423 e. The highest BCUT2D eigenvalue weighted by molar-refractivity contribution is 6.61. The Morgan fingerprint density at radius 2 is 1.80 bits per heavy atom. The molecule has 0 atom stereocenters. The molecular weight excluding hydrogens is 233 g/mol. The van der Waals surface area contributed by atoms with E-state index in [2.05, 4.69) is 0 Å². The number of hydrogen-bond donors (Lipinski definition) is 3. The second-order valence-corrected chi connectivity index (χ2v) is 3.24. The Balaban J connectivity index is 3.36. The summed E-state index contributed by atoms with van der Waals surface area (Å²) in [4.78, 5) is 0. The third kappa shape index (κ3) is 2.56. The Hall–Kier alpha value is -0.915. The first-order valence-electron chi connectivity index (χ1n) is 3.75. The van der Waals surface area contributed by atoms with Crippen LogP contribution >= 0.6 is 11.6 Å². The van der Waals surface area contributed by atoms with E-state index in [1.54, 1.807) is 0 Å². The number of benzene rings is 1. The summed E-state index contributed by atoms with van der Waals surface area (Å²) in [6.45, 7) is 0. The molecule has 0 aliphatic carbocycles. The van der Waals surface area contributed by atoms with Crippen LogP contribution in [0.1, 0.15) is 5.56 Å². The van der Waals surface area contributed by atoms with E-state index in [9.17, 15) is 13.2 Å². The van der Waals surface area contributed by atoms with Gasteiger partial charge in [0.25, 0.3) is 0 Å². The van der Waals surface area contributed by atoms with Gasteiger partial charge in [0.2, 0.25) is 0 Å². The van der Waals surface area contributed by atoms with Gasteiger partial charge in [-0.15, -0.1) is 0 Å². The molecule has 15 heavy (non-hydrogen) atoms. The molecule has 1 aromatic carbocycles. The number of anilines is 1. The lowest BCUT2D eigenvalue weighted by Gasteiger charge is -2.12. The molecule has 8 heteroatoms. The van der Waals surface area contributed by atoms with Crippen molar-refractivity contribution in [1.82, 2.24) is 0 Å². The number of rotatable bonds is 1. The predicted octanol–water partition coefficient (Wildman–Crippen LogP) is 0.621. The fourth-order valence-corrected chi connectivity index (χ4v) is 1.24. The zero-order valence-electron chi connectivity index (χ0n) is 7.22. The second kappa shape index (κ2) is 3.92. The van der Waals surface area contributed by atoms with E-state index in [1.165, 1.54) is 0 Å². The van der Waals surface area contributed by atoms with Crippen LogP contribution in [-0.2, 0) is 6.18 Å². The van der Waals surface area contributed by atoms with Crippen molar-refractivity contribution in [2.75, 3.05) is 5.73 Å². The molecule has 0 fully saturated rings. The van der Waals surface area contributed by atoms with Crippen LogP contribution in [0.4, 0.5) is 18.9 Å². The molecule has 3 nitrogen and oxygen atoms in total. The Morgan fingerprint density at radius 1 is 1.27 bits per heavy atom. The van der Waals surface area contributed by atoms with Gasteiger partial charge in [-0.3, -0.25) is 0 Å². The fourth-order valence-electron chi connectivity index (χ4n) is 1.02. The van der Waals surface area contributed by atoms with Crippen LogP contribution in [0, 0.1) is 0 Å². The highest BCUT2D eigenvalue weighted by atomic mass is 35.5. The highest BCUT2D eigenvalue weighted by Crippen LogP contribution is 2.32.